The summed E-state index contributed by atoms with van der Waals surface area (Å²) >= 11 is 0. The van der Waals surface area contributed by atoms with Gasteiger partial charge in [0.15, 0.2) is 0 Å². The molecule has 126 valence electrons. The highest BCUT2D eigenvalue weighted by Crippen LogP contribution is 2.51. The predicted molar refractivity (Wildman–Crippen MR) is 101 cm³/mol. The van der Waals surface area contributed by atoms with E-state index < -0.39 is 0 Å². The lowest BCUT2D eigenvalue weighted by Gasteiger charge is -2.43. The van der Waals surface area contributed by atoms with E-state index in [1.807, 2.05) is 6.20 Å². The zero-order valence-corrected chi connectivity index (χ0v) is 14.9. The normalized spacial score (nSPS) is 21.0. The standard InChI is InChI=1S/C23H29N/c1-18-7-3-4-8-21(18)22-17-20(11-16-24-22)19-9-14-23(15-10-19)12-5-2-6-13-23/h3-4,7-8,11,16-17,19H,2,5-6,9-10,12-15H2,1H3. The first-order valence-corrected chi connectivity index (χ1v) is 9.78. The van der Waals surface area contributed by atoms with Gasteiger partial charge < -0.3 is 0 Å². The van der Waals surface area contributed by atoms with Crippen molar-refractivity contribution >= 4 is 0 Å². The summed E-state index contributed by atoms with van der Waals surface area (Å²) in [6.45, 7) is 2.18. The van der Waals surface area contributed by atoms with Crippen molar-refractivity contribution in [1.29, 1.82) is 0 Å². The molecule has 4 rings (SSSR count). The van der Waals surface area contributed by atoms with E-state index in [1.165, 1.54) is 74.5 Å². The van der Waals surface area contributed by atoms with E-state index in [-0.39, 0.29) is 0 Å². The molecule has 1 aromatic carbocycles. The topological polar surface area (TPSA) is 12.9 Å². The molecule has 2 aromatic rings. The molecule has 2 aliphatic rings. The highest BCUT2D eigenvalue weighted by atomic mass is 14.7. The second-order valence-corrected chi connectivity index (χ2v) is 8.12. The summed E-state index contributed by atoms with van der Waals surface area (Å²) in [7, 11) is 0. The molecule has 0 unspecified atom stereocenters. The molecule has 24 heavy (non-hydrogen) atoms. The second kappa shape index (κ2) is 6.70. The van der Waals surface area contributed by atoms with Crippen molar-refractivity contribution in [2.24, 2.45) is 5.41 Å². The monoisotopic (exact) mass is 319 g/mol. The van der Waals surface area contributed by atoms with Crippen LogP contribution in [0.3, 0.4) is 0 Å². The Morgan fingerprint density at radius 3 is 2.42 bits per heavy atom. The fourth-order valence-electron chi connectivity index (χ4n) is 5.07. The zero-order valence-electron chi connectivity index (χ0n) is 14.9. The largest absolute Gasteiger partial charge is 0.256 e. The molecule has 0 aliphatic heterocycles. The lowest BCUT2D eigenvalue weighted by atomic mass is 9.62. The molecule has 1 nitrogen and oxygen atoms in total. The van der Waals surface area contributed by atoms with Gasteiger partial charge in [0, 0.05) is 11.8 Å². The van der Waals surface area contributed by atoms with E-state index in [0.29, 0.717) is 5.41 Å². The molecule has 2 saturated carbocycles. The highest BCUT2D eigenvalue weighted by molar-refractivity contribution is 5.63. The van der Waals surface area contributed by atoms with Crippen molar-refractivity contribution in [2.45, 2.75) is 70.6 Å². The number of aromatic nitrogens is 1. The number of rotatable bonds is 2. The molecule has 1 aromatic heterocycles. The van der Waals surface area contributed by atoms with Gasteiger partial charge in [-0.1, -0.05) is 43.5 Å². The smallest absolute Gasteiger partial charge is 0.0707 e. The Morgan fingerprint density at radius 2 is 1.67 bits per heavy atom. The van der Waals surface area contributed by atoms with Crippen LogP contribution in [0.5, 0.6) is 0 Å². The molecule has 1 heteroatoms. The van der Waals surface area contributed by atoms with Crippen molar-refractivity contribution < 1.29 is 0 Å². The summed E-state index contributed by atoms with van der Waals surface area (Å²) < 4.78 is 0. The van der Waals surface area contributed by atoms with Gasteiger partial charge in [-0.05, 0) is 80.0 Å². The summed E-state index contributed by atoms with van der Waals surface area (Å²) in [6, 6.07) is 13.2. The number of aryl methyl sites for hydroxylation is 1. The Balaban J connectivity index is 1.52. The fraction of sp³-hybridized carbons (Fsp3) is 0.522. The van der Waals surface area contributed by atoms with Crippen LogP contribution in [0.25, 0.3) is 11.3 Å². The van der Waals surface area contributed by atoms with Crippen LogP contribution in [-0.2, 0) is 0 Å². The molecule has 0 atom stereocenters. The highest BCUT2D eigenvalue weighted by Gasteiger charge is 2.36. The van der Waals surface area contributed by atoms with Crippen LogP contribution >= 0.6 is 0 Å². The molecule has 1 heterocycles. The minimum atomic E-state index is 0.709. The number of nitrogens with zero attached hydrogens (tertiary/aromatic N) is 1. The van der Waals surface area contributed by atoms with Gasteiger partial charge in [-0.25, -0.2) is 0 Å². The average molecular weight is 319 g/mol. The first kappa shape index (κ1) is 15.9. The maximum absolute atomic E-state index is 4.65. The van der Waals surface area contributed by atoms with E-state index >= 15 is 0 Å². The molecule has 0 bridgehead atoms. The second-order valence-electron chi connectivity index (χ2n) is 8.12. The van der Waals surface area contributed by atoms with Crippen LogP contribution in [0, 0.1) is 12.3 Å². The lowest BCUT2D eigenvalue weighted by molar-refractivity contribution is 0.114. The summed E-state index contributed by atoms with van der Waals surface area (Å²) in [5, 5.41) is 0. The number of pyridine rings is 1. The minimum Gasteiger partial charge on any atom is -0.256 e. The number of benzene rings is 1. The number of hydrogen-bond acceptors (Lipinski definition) is 1. The van der Waals surface area contributed by atoms with Crippen LogP contribution in [-0.4, -0.2) is 4.98 Å². The summed E-state index contributed by atoms with van der Waals surface area (Å²) in [6.07, 6.45) is 15.0. The van der Waals surface area contributed by atoms with Gasteiger partial charge in [0.05, 0.1) is 5.69 Å². The first-order chi connectivity index (χ1) is 11.8. The quantitative estimate of drug-likeness (QED) is 0.602. The Hall–Kier alpha value is -1.63. The summed E-state index contributed by atoms with van der Waals surface area (Å²) in [5.41, 5.74) is 5.95. The molecular weight excluding hydrogens is 290 g/mol. The van der Waals surface area contributed by atoms with E-state index in [0.717, 1.165) is 11.6 Å². The molecule has 0 saturated heterocycles. The first-order valence-electron chi connectivity index (χ1n) is 9.78. The molecule has 0 amide bonds. The maximum Gasteiger partial charge on any atom is 0.0707 e. The molecular formula is C23H29N. The molecule has 0 radical (unpaired) electrons. The van der Waals surface area contributed by atoms with Crippen molar-refractivity contribution in [3.8, 4) is 11.3 Å². The van der Waals surface area contributed by atoms with Crippen LogP contribution in [0.2, 0.25) is 0 Å². The van der Waals surface area contributed by atoms with Gasteiger partial charge in [0.2, 0.25) is 0 Å². The SMILES string of the molecule is Cc1ccccc1-c1cc(C2CCC3(CCCCC3)CC2)ccn1. The Bertz CT molecular complexity index is 687. The Labute approximate surface area is 146 Å². The molecule has 2 aliphatic carbocycles. The van der Waals surface area contributed by atoms with Crippen molar-refractivity contribution in [2.75, 3.05) is 0 Å². The Morgan fingerprint density at radius 1 is 0.917 bits per heavy atom. The van der Waals surface area contributed by atoms with Crippen molar-refractivity contribution in [1.82, 2.24) is 4.98 Å². The lowest BCUT2D eigenvalue weighted by Crippen LogP contribution is -2.29. The maximum atomic E-state index is 4.65. The van der Waals surface area contributed by atoms with E-state index in [1.54, 1.807) is 0 Å². The third-order valence-electron chi connectivity index (χ3n) is 6.64. The zero-order chi connectivity index (χ0) is 16.4. The number of hydrogen-bond donors (Lipinski definition) is 0. The van der Waals surface area contributed by atoms with E-state index in [4.69, 9.17) is 0 Å². The third kappa shape index (κ3) is 3.14. The van der Waals surface area contributed by atoms with Gasteiger partial charge in [-0.2, -0.15) is 0 Å². The van der Waals surface area contributed by atoms with Gasteiger partial charge >= 0.3 is 0 Å². The van der Waals surface area contributed by atoms with Crippen molar-refractivity contribution in [3.63, 3.8) is 0 Å². The molecule has 1 spiro atoms. The average Bonchev–Trinajstić information content (AvgIpc) is 2.64. The third-order valence-corrected chi connectivity index (χ3v) is 6.64. The predicted octanol–water partition coefficient (Wildman–Crippen LogP) is 6.67. The van der Waals surface area contributed by atoms with E-state index in [9.17, 15) is 0 Å². The summed E-state index contributed by atoms with van der Waals surface area (Å²) in [5.74, 6) is 0.739. The van der Waals surface area contributed by atoms with Crippen LogP contribution < -0.4 is 0 Å². The molecule has 0 N–H and O–H groups in total. The van der Waals surface area contributed by atoms with Gasteiger partial charge in [-0.3, -0.25) is 4.98 Å². The van der Waals surface area contributed by atoms with Gasteiger partial charge in [0.25, 0.3) is 0 Å². The molecule has 2 fully saturated rings. The Kier molecular flexibility index (Phi) is 4.43. The van der Waals surface area contributed by atoms with Crippen molar-refractivity contribution in [3.05, 3.63) is 53.7 Å². The summed E-state index contributed by atoms with van der Waals surface area (Å²) in [4.78, 5) is 4.65. The van der Waals surface area contributed by atoms with Crippen LogP contribution in [0.15, 0.2) is 42.6 Å². The van der Waals surface area contributed by atoms with Crippen LogP contribution in [0.1, 0.15) is 74.8 Å². The fourth-order valence-corrected chi connectivity index (χ4v) is 5.07. The minimum absolute atomic E-state index is 0.709. The van der Waals surface area contributed by atoms with Crippen LogP contribution in [0.4, 0.5) is 0 Å². The van der Waals surface area contributed by atoms with Gasteiger partial charge in [-0.15, -0.1) is 0 Å². The van der Waals surface area contributed by atoms with E-state index in [2.05, 4.69) is 48.3 Å². The van der Waals surface area contributed by atoms with Gasteiger partial charge in [0.1, 0.15) is 0 Å².